The predicted molar refractivity (Wildman–Crippen MR) is 107 cm³/mol. The first-order valence-corrected chi connectivity index (χ1v) is 8.25. The second-order valence-electron chi connectivity index (χ2n) is 5.92. The van der Waals surface area contributed by atoms with Crippen LogP contribution in [0.4, 0.5) is 0 Å². The number of aliphatic imine (C=N–C) groups is 1. The van der Waals surface area contributed by atoms with Gasteiger partial charge in [-0.3, -0.25) is 4.99 Å². The molecule has 1 fully saturated rings. The average molecular weight is 443 g/mol. The molecule has 0 radical (unpaired) electrons. The highest BCUT2D eigenvalue weighted by atomic mass is 127. The van der Waals surface area contributed by atoms with Crippen LogP contribution in [0.1, 0.15) is 24.1 Å². The van der Waals surface area contributed by atoms with Gasteiger partial charge in [-0.15, -0.1) is 24.0 Å². The minimum Gasteiger partial charge on any atom is -0.376 e. The summed E-state index contributed by atoms with van der Waals surface area (Å²) in [5, 5.41) is 6.66. The van der Waals surface area contributed by atoms with Gasteiger partial charge in [0.2, 0.25) is 0 Å². The van der Waals surface area contributed by atoms with Crippen molar-refractivity contribution in [1.29, 1.82) is 0 Å². The van der Waals surface area contributed by atoms with Gasteiger partial charge in [0.15, 0.2) is 5.96 Å². The fraction of sp³-hybridized carbons (Fsp3) is 0.529. The Morgan fingerprint density at radius 1 is 1.46 bits per heavy atom. The van der Waals surface area contributed by atoms with Crippen molar-refractivity contribution >= 4 is 35.6 Å². The number of pyridine rings is 1. The van der Waals surface area contributed by atoms with Crippen molar-refractivity contribution in [3.63, 3.8) is 0 Å². The van der Waals surface area contributed by atoms with Gasteiger partial charge in [-0.25, -0.2) is 4.98 Å². The molecule has 2 aromatic rings. The van der Waals surface area contributed by atoms with Gasteiger partial charge in [0.05, 0.1) is 11.8 Å². The maximum absolute atomic E-state index is 5.61. The summed E-state index contributed by atoms with van der Waals surface area (Å²) in [5.74, 6) is 0.820. The van der Waals surface area contributed by atoms with E-state index in [0.29, 0.717) is 6.10 Å². The molecule has 1 unspecified atom stereocenters. The molecule has 132 valence electrons. The summed E-state index contributed by atoms with van der Waals surface area (Å²) < 4.78 is 7.69. The van der Waals surface area contributed by atoms with E-state index in [0.717, 1.165) is 56.3 Å². The third-order valence-electron chi connectivity index (χ3n) is 4.15. The SMILES string of the molecule is CN=C(NCCc1cn2cccc(C)c2n1)NCC1CCCO1.I. The maximum Gasteiger partial charge on any atom is 0.191 e. The van der Waals surface area contributed by atoms with Crippen LogP contribution in [-0.2, 0) is 11.2 Å². The van der Waals surface area contributed by atoms with Crippen LogP contribution in [0.3, 0.4) is 0 Å². The summed E-state index contributed by atoms with van der Waals surface area (Å²) in [6, 6.07) is 4.13. The number of nitrogens with zero attached hydrogens (tertiary/aromatic N) is 3. The van der Waals surface area contributed by atoms with E-state index in [1.54, 1.807) is 7.05 Å². The van der Waals surface area contributed by atoms with Gasteiger partial charge >= 0.3 is 0 Å². The van der Waals surface area contributed by atoms with Crippen molar-refractivity contribution in [2.75, 3.05) is 26.7 Å². The number of hydrogen-bond acceptors (Lipinski definition) is 3. The van der Waals surface area contributed by atoms with Gasteiger partial charge in [-0.2, -0.15) is 0 Å². The maximum atomic E-state index is 5.61. The molecular formula is C17H26IN5O. The molecule has 0 amide bonds. The van der Waals surface area contributed by atoms with Crippen molar-refractivity contribution in [2.24, 2.45) is 4.99 Å². The van der Waals surface area contributed by atoms with Crippen molar-refractivity contribution in [1.82, 2.24) is 20.0 Å². The van der Waals surface area contributed by atoms with Gasteiger partial charge in [-0.1, -0.05) is 6.07 Å². The molecule has 7 heteroatoms. The number of halogens is 1. The Morgan fingerprint density at radius 3 is 3.04 bits per heavy atom. The molecule has 0 aliphatic carbocycles. The molecule has 3 heterocycles. The molecule has 6 nitrogen and oxygen atoms in total. The molecule has 0 saturated carbocycles. The first kappa shape index (κ1) is 19.0. The van der Waals surface area contributed by atoms with Crippen molar-refractivity contribution in [3.8, 4) is 0 Å². The van der Waals surface area contributed by atoms with E-state index in [4.69, 9.17) is 4.74 Å². The summed E-state index contributed by atoms with van der Waals surface area (Å²) in [5.41, 5.74) is 3.31. The number of aromatic nitrogens is 2. The molecule has 0 spiro atoms. The minimum absolute atomic E-state index is 0. The molecule has 24 heavy (non-hydrogen) atoms. The Bertz CT molecular complexity index is 679. The van der Waals surface area contributed by atoms with Crippen molar-refractivity contribution < 1.29 is 4.74 Å². The van der Waals surface area contributed by atoms with Crippen LogP contribution >= 0.6 is 24.0 Å². The standard InChI is InChI=1S/C17H25N5O.HI/c1-13-5-3-9-22-12-14(21-16(13)22)7-8-19-17(18-2)20-11-15-6-4-10-23-15;/h3,5,9,12,15H,4,6-8,10-11H2,1-2H3,(H2,18,19,20);1H. The fourth-order valence-corrected chi connectivity index (χ4v) is 2.87. The highest BCUT2D eigenvalue weighted by Gasteiger charge is 2.15. The van der Waals surface area contributed by atoms with Crippen LogP contribution in [0.15, 0.2) is 29.5 Å². The number of hydrogen-bond donors (Lipinski definition) is 2. The molecule has 0 aromatic carbocycles. The van der Waals surface area contributed by atoms with Gasteiger partial charge in [0.25, 0.3) is 0 Å². The topological polar surface area (TPSA) is 63.0 Å². The van der Waals surface area contributed by atoms with Crippen molar-refractivity contribution in [3.05, 3.63) is 35.8 Å². The summed E-state index contributed by atoms with van der Waals surface area (Å²) >= 11 is 0. The van der Waals surface area contributed by atoms with Crippen molar-refractivity contribution in [2.45, 2.75) is 32.3 Å². The Morgan fingerprint density at radius 2 is 2.33 bits per heavy atom. The summed E-state index contributed by atoms with van der Waals surface area (Å²) in [6.07, 6.45) is 7.59. The van der Waals surface area contributed by atoms with Crippen LogP contribution in [0, 0.1) is 6.92 Å². The predicted octanol–water partition coefficient (Wildman–Crippen LogP) is 2.15. The Hall–Kier alpha value is -1.35. The number of aryl methyl sites for hydroxylation is 1. The smallest absolute Gasteiger partial charge is 0.191 e. The van der Waals surface area contributed by atoms with E-state index in [9.17, 15) is 0 Å². The number of imidazole rings is 1. The lowest BCUT2D eigenvalue weighted by molar-refractivity contribution is 0.114. The first-order valence-electron chi connectivity index (χ1n) is 8.25. The Balaban J connectivity index is 0.00000208. The van der Waals surface area contributed by atoms with Crippen LogP contribution in [0.5, 0.6) is 0 Å². The van der Waals surface area contributed by atoms with Crippen LogP contribution in [-0.4, -0.2) is 48.2 Å². The Kier molecular flexibility index (Phi) is 7.29. The second-order valence-corrected chi connectivity index (χ2v) is 5.92. The zero-order valence-electron chi connectivity index (χ0n) is 14.3. The van der Waals surface area contributed by atoms with Gasteiger partial charge < -0.3 is 19.8 Å². The minimum atomic E-state index is 0. The van der Waals surface area contributed by atoms with E-state index in [1.165, 1.54) is 5.56 Å². The molecular weight excluding hydrogens is 417 g/mol. The van der Waals surface area contributed by atoms with Crippen LogP contribution in [0.2, 0.25) is 0 Å². The quantitative estimate of drug-likeness (QED) is 0.423. The van der Waals surface area contributed by atoms with Crippen LogP contribution in [0.25, 0.3) is 5.65 Å². The lowest BCUT2D eigenvalue weighted by Gasteiger charge is -2.14. The number of rotatable bonds is 5. The second kappa shape index (κ2) is 9.22. The third kappa shape index (κ3) is 4.83. The van der Waals surface area contributed by atoms with E-state index < -0.39 is 0 Å². The summed E-state index contributed by atoms with van der Waals surface area (Å²) in [6.45, 7) is 4.58. The summed E-state index contributed by atoms with van der Waals surface area (Å²) in [7, 11) is 1.79. The first-order chi connectivity index (χ1) is 11.3. The number of fused-ring (bicyclic) bond motifs is 1. The lowest BCUT2D eigenvalue weighted by atomic mass is 10.2. The fourth-order valence-electron chi connectivity index (χ4n) is 2.87. The van der Waals surface area contributed by atoms with E-state index >= 15 is 0 Å². The van der Waals surface area contributed by atoms with E-state index in [-0.39, 0.29) is 24.0 Å². The van der Waals surface area contributed by atoms with Gasteiger partial charge in [-0.05, 0) is 31.4 Å². The van der Waals surface area contributed by atoms with E-state index in [2.05, 4.69) is 44.2 Å². The highest BCUT2D eigenvalue weighted by Crippen LogP contribution is 2.11. The molecule has 2 N–H and O–H groups in total. The average Bonchev–Trinajstić information content (AvgIpc) is 3.20. The zero-order chi connectivity index (χ0) is 16.1. The molecule has 1 aliphatic heterocycles. The largest absolute Gasteiger partial charge is 0.376 e. The van der Waals surface area contributed by atoms with Gasteiger partial charge in [0.1, 0.15) is 5.65 Å². The molecule has 0 bridgehead atoms. The third-order valence-corrected chi connectivity index (χ3v) is 4.15. The molecule has 2 aromatic heterocycles. The molecule has 1 aliphatic rings. The monoisotopic (exact) mass is 443 g/mol. The normalized spacial score (nSPS) is 17.8. The number of guanidine groups is 1. The molecule has 3 rings (SSSR count). The highest BCUT2D eigenvalue weighted by molar-refractivity contribution is 14.0. The lowest BCUT2D eigenvalue weighted by Crippen LogP contribution is -2.41. The zero-order valence-corrected chi connectivity index (χ0v) is 16.6. The molecule has 1 saturated heterocycles. The molecule has 1 atom stereocenters. The number of ether oxygens (including phenoxy) is 1. The number of nitrogens with one attached hydrogen (secondary N) is 2. The van der Waals surface area contributed by atoms with Gasteiger partial charge in [0, 0.05) is 45.6 Å². The van der Waals surface area contributed by atoms with Crippen LogP contribution < -0.4 is 10.6 Å². The summed E-state index contributed by atoms with van der Waals surface area (Å²) in [4.78, 5) is 8.94. The Labute approximate surface area is 160 Å². The van der Waals surface area contributed by atoms with E-state index in [1.807, 2.05) is 12.3 Å².